The van der Waals surface area contributed by atoms with E-state index in [4.69, 9.17) is 4.74 Å². The highest BCUT2D eigenvalue weighted by Crippen LogP contribution is 2.31. The lowest BCUT2D eigenvalue weighted by atomic mass is 9.95. The van der Waals surface area contributed by atoms with E-state index in [-0.39, 0.29) is 5.91 Å². The summed E-state index contributed by atoms with van der Waals surface area (Å²) in [4.78, 5) is 16.5. The molecule has 1 N–H and O–H groups in total. The fourth-order valence-corrected chi connectivity index (χ4v) is 2.01. The zero-order valence-electron chi connectivity index (χ0n) is 11.5. The fraction of sp³-hybridized carbons (Fsp3) is 0.571. The van der Waals surface area contributed by atoms with Crippen molar-refractivity contribution in [2.45, 2.75) is 40.0 Å². The summed E-state index contributed by atoms with van der Waals surface area (Å²) in [5.74, 6) is 0.480. The topological polar surface area (TPSA) is 51.2 Å². The molecule has 1 aromatic rings. The molecule has 1 aliphatic carbocycles. The number of methoxy groups -OCH3 is 1. The summed E-state index contributed by atoms with van der Waals surface area (Å²) in [6, 6.07) is 2.00. The van der Waals surface area contributed by atoms with Gasteiger partial charge < -0.3 is 10.1 Å². The minimum atomic E-state index is -0.427. The fourth-order valence-electron chi connectivity index (χ4n) is 2.01. The van der Waals surface area contributed by atoms with Gasteiger partial charge in [-0.3, -0.25) is 4.79 Å². The Morgan fingerprint density at radius 2 is 2.11 bits per heavy atom. The molecule has 0 spiro atoms. The molecular formula is C14H20N2O2. The summed E-state index contributed by atoms with van der Waals surface area (Å²) >= 11 is 0. The van der Waals surface area contributed by atoms with Crippen molar-refractivity contribution in [1.82, 2.24) is 4.98 Å². The number of fused-ring (bicyclic) bond motifs is 1. The van der Waals surface area contributed by atoms with E-state index < -0.39 is 5.41 Å². The molecule has 4 nitrogen and oxygen atoms in total. The van der Waals surface area contributed by atoms with Crippen molar-refractivity contribution in [3.63, 3.8) is 0 Å². The van der Waals surface area contributed by atoms with Crippen LogP contribution in [0.1, 0.15) is 38.4 Å². The molecule has 1 aromatic heterocycles. The quantitative estimate of drug-likeness (QED) is 0.875. The van der Waals surface area contributed by atoms with E-state index in [1.807, 2.05) is 26.8 Å². The van der Waals surface area contributed by atoms with E-state index in [1.165, 1.54) is 5.56 Å². The van der Waals surface area contributed by atoms with Crippen molar-refractivity contribution in [2.75, 3.05) is 12.4 Å². The average Bonchev–Trinajstić information content (AvgIpc) is 2.73. The predicted octanol–water partition coefficient (Wildman–Crippen LogP) is 2.56. The average molecular weight is 248 g/mol. The van der Waals surface area contributed by atoms with E-state index in [1.54, 1.807) is 7.11 Å². The van der Waals surface area contributed by atoms with Gasteiger partial charge in [-0.2, -0.15) is 0 Å². The number of carbonyl (C=O) groups is 1. The van der Waals surface area contributed by atoms with Gasteiger partial charge in [-0.1, -0.05) is 20.8 Å². The summed E-state index contributed by atoms with van der Waals surface area (Å²) in [5, 5.41) is 2.90. The molecule has 1 heterocycles. The Bertz CT molecular complexity index is 475. The number of nitrogens with one attached hydrogen (secondary N) is 1. The smallest absolute Gasteiger partial charge is 0.237 e. The highest BCUT2D eigenvalue weighted by atomic mass is 16.5. The number of hydrogen-bond donors (Lipinski definition) is 1. The van der Waals surface area contributed by atoms with Gasteiger partial charge in [-0.25, -0.2) is 4.98 Å². The number of pyridine rings is 1. The van der Waals surface area contributed by atoms with Crippen LogP contribution >= 0.6 is 0 Å². The van der Waals surface area contributed by atoms with Gasteiger partial charge in [0.1, 0.15) is 5.69 Å². The van der Waals surface area contributed by atoms with Crippen LogP contribution in [0.2, 0.25) is 0 Å². The molecule has 4 heteroatoms. The summed E-state index contributed by atoms with van der Waals surface area (Å²) in [7, 11) is 1.58. The van der Waals surface area contributed by atoms with E-state index in [0.29, 0.717) is 11.6 Å². The summed E-state index contributed by atoms with van der Waals surface area (Å²) in [6.45, 7) is 5.65. The largest absolute Gasteiger partial charge is 0.480 e. The molecule has 1 amide bonds. The second kappa shape index (κ2) is 4.59. The Hall–Kier alpha value is -1.58. The van der Waals surface area contributed by atoms with Crippen LogP contribution in [0.4, 0.5) is 5.69 Å². The van der Waals surface area contributed by atoms with Gasteiger partial charge in [-0.15, -0.1) is 0 Å². The first kappa shape index (κ1) is 12.9. The van der Waals surface area contributed by atoms with Crippen LogP contribution in [-0.2, 0) is 17.6 Å². The summed E-state index contributed by atoms with van der Waals surface area (Å²) in [5.41, 5.74) is 2.57. The van der Waals surface area contributed by atoms with Gasteiger partial charge in [0.05, 0.1) is 7.11 Å². The number of carbonyl (C=O) groups excluding carboxylic acids is 1. The number of ether oxygens (including phenoxy) is 1. The lowest BCUT2D eigenvalue weighted by Crippen LogP contribution is -2.28. The molecule has 18 heavy (non-hydrogen) atoms. The van der Waals surface area contributed by atoms with Gasteiger partial charge in [0.2, 0.25) is 11.8 Å². The maximum absolute atomic E-state index is 12.0. The highest BCUT2D eigenvalue weighted by Gasteiger charge is 2.24. The third-order valence-electron chi connectivity index (χ3n) is 3.14. The molecule has 2 rings (SSSR count). The second-order valence-corrected chi connectivity index (χ2v) is 5.71. The van der Waals surface area contributed by atoms with E-state index in [9.17, 15) is 4.79 Å². The van der Waals surface area contributed by atoms with E-state index in [2.05, 4.69) is 10.3 Å². The Kier molecular flexibility index (Phi) is 3.28. The van der Waals surface area contributed by atoms with Crippen molar-refractivity contribution in [3.8, 4) is 5.88 Å². The SMILES string of the molecule is COc1nc2c(cc1NC(=O)C(C)(C)C)CCC2. The number of aryl methyl sites for hydroxylation is 2. The van der Waals surface area contributed by atoms with Crippen LogP contribution in [0.15, 0.2) is 6.07 Å². The number of nitrogens with zero attached hydrogens (tertiary/aromatic N) is 1. The van der Waals surface area contributed by atoms with Crippen LogP contribution < -0.4 is 10.1 Å². The molecule has 0 fully saturated rings. The van der Waals surface area contributed by atoms with Gasteiger partial charge in [0.15, 0.2) is 0 Å². The Morgan fingerprint density at radius 1 is 1.39 bits per heavy atom. The van der Waals surface area contributed by atoms with Crippen molar-refractivity contribution in [1.29, 1.82) is 0 Å². The predicted molar refractivity (Wildman–Crippen MR) is 70.9 cm³/mol. The second-order valence-electron chi connectivity index (χ2n) is 5.71. The summed E-state index contributed by atoms with van der Waals surface area (Å²) < 4.78 is 5.26. The number of aromatic nitrogens is 1. The molecule has 0 aromatic carbocycles. The third kappa shape index (κ3) is 2.47. The monoisotopic (exact) mass is 248 g/mol. The molecule has 0 unspecified atom stereocenters. The normalized spacial score (nSPS) is 14.2. The number of rotatable bonds is 2. The van der Waals surface area contributed by atoms with Gasteiger partial charge in [0.25, 0.3) is 0 Å². The van der Waals surface area contributed by atoms with Crippen molar-refractivity contribution in [3.05, 3.63) is 17.3 Å². The molecule has 98 valence electrons. The third-order valence-corrected chi connectivity index (χ3v) is 3.14. The van der Waals surface area contributed by atoms with Gasteiger partial charge in [-0.05, 0) is 30.9 Å². The Morgan fingerprint density at radius 3 is 2.72 bits per heavy atom. The van der Waals surface area contributed by atoms with Crippen LogP contribution in [0.5, 0.6) is 5.88 Å². The molecule has 0 bridgehead atoms. The van der Waals surface area contributed by atoms with Gasteiger partial charge >= 0.3 is 0 Å². The molecule has 1 aliphatic rings. The molecular weight excluding hydrogens is 228 g/mol. The first-order chi connectivity index (χ1) is 8.41. The lowest BCUT2D eigenvalue weighted by molar-refractivity contribution is -0.123. The lowest BCUT2D eigenvalue weighted by Gasteiger charge is -2.19. The van der Waals surface area contributed by atoms with Crippen LogP contribution in [-0.4, -0.2) is 18.0 Å². The minimum absolute atomic E-state index is 0.0273. The highest BCUT2D eigenvalue weighted by molar-refractivity contribution is 5.95. The first-order valence-corrected chi connectivity index (χ1v) is 6.30. The van der Waals surface area contributed by atoms with Crippen molar-refractivity contribution in [2.24, 2.45) is 5.41 Å². The van der Waals surface area contributed by atoms with Crippen LogP contribution in [0.3, 0.4) is 0 Å². The number of amides is 1. The van der Waals surface area contributed by atoms with Crippen molar-refractivity contribution < 1.29 is 9.53 Å². The maximum Gasteiger partial charge on any atom is 0.237 e. The van der Waals surface area contributed by atoms with Crippen LogP contribution in [0.25, 0.3) is 0 Å². The Labute approximate surface area is 108 Å². The zero-order chi connectivity index (χ0) is 13.3. The summed E-state index contributed by atoms with van der Waals surface area (Å²) in [6.07, 6.45) is 3.16. The van der Waals surface area contributed by atoms with E-state index >= 15 is 0 Å². The molecule has 0 saturated carbocycles. The van der Waals surface area contributed by atoms with E-state index in [0.717, 1.165) is 25.0 Å². The first-order valence-electron chi connectivity index (χ1n) is 6.30. The Balaban J connectivity index is 2.30. The van der Waals surface area contributed by atoms with Crippen LogP contribution in [0, 0.1) is 5.41 Å². The minimum Gasteiger partial charge on any atom is -0.480 e. The molecule has 0 radical (unpaired) electrons. The molecule has 0 saturated heterocycles. The number of hydrogen-bond acceptors (Lipinski definition) is 3. The zero-order valence-corrected chi connectivity index (χ0v) is 11.5. The maximum atomic E-state index is 12.0. The standard InChI is InChI=1S/C14H20N2O2/c1-14(2,3)13(17)16-11-8-9-6-5-7-10(9)15-12(11)18-4/h8H,5-7H2,1-4H3,(H,16,17). The number of anilines is 1. The van der Waals surface area contributed by atoms with Crippen molar-refractivity contribution >= 4 is 11.6 Å². The molecule has 0 aliphatic heterocycles. The molecule has 0 atom stereocenters. The van der Waals surface area contributed by atoms with Gasteiger partial charge in [0, 0.05) is 11.1 Å².